The summed E-state index contributed by atoms with van der Waals surface area (Å²) in [4.78, 5) is 27.6. The van der Waals surface area contributed by atoms with Crippen molar-refractivity contribution in [1.29, 1.82) is 0 Å². The highest BCUT2D eigenvalue weighted by Gasteiger charge is 2.22. The van der Waals surface area contributed by atoms with Crippen molar-refractivity contribution in [2.24, 2.45) is 0 Å². The lowest BCUT2D eigenvalue weighted by Gasteiger charge is -2.29. The molecule has 0 radical (unpaired) electrons. The van der Waals surface area contributed by atoms with Crippen molar-refractivity contribution in [3.05, 3.63) is 59.7 Å². The third kappa shape index (κ3) is 3.32. The standard InChI is InChI=1S/C20H22N2O2/c1-15(23)21(2)18-11-9-16(10-12-18)14-20(24)22-13-5-7-17-6-3-4-8-19(17)22/h3-4,6,8-12H,5,7,13-14H2,1-2H3. The molecule has 0 unspecified atom stereocenters. The van der Waals surface area contributed by atoms with Crippen LogP contribution < -0.4 is 9.80 Å². The molecule has 4 heteroatoms. The highest BCUT2D eigenvalue weighted by atomic mass is 16.2. The molecular weight excluding hydrogens is 300 g/mol. The van der Waals surface area contributed by atoms with Gasteiger partial charge in [-0.3, -0.25) is 9.59 Å². The van der Waals surface area contributed by atoms with Gasteiger partial charge in [0.15, 0.2) is 0 Å². The second-order valence-corrected chi connectivity index (χ2v) is 6.20. The molecule has 0 aromatic heterocycles. The molecule has 24 heavy (non-hydrogen) atoms. The Kier molecular flexibility index (Phi) is 4.65. The number of carbonyl (C=O) groups excluding carboxylic acids is 2. The Labute approximate surface area is 142 Å². The van der Waals surface area contributed by atoms with E-state index in [1.165, 1.54) is 12.5 Å². The Morgan fingerprint density at radius 3 is 2.50 bits per heavy atom. The molecule has 1 heterocycles. The molecule has 2 amide bonds. The van der Waals surface area contributed by atoms with Gasteiger partial charge in [0.2, 0.25) is 11.8 Å². The van der Waals surface area contributed by atoms with Crippen molar-refractivity contribution in [1.82, 2.24) is 0 Å². The van der Waals surface area contributed by atoms with Crippen LogP contribution in [0.15, 0.2) is 48.5 Å². The van der Waals surface area contributed by atoms with E-state index in [-0.39, 0.29) is 11.8 Å². The van der Waals surface area contributed by atoms with Crippen LogP contribution in [-0.4, -0.2) is 25.4 Å². The van der Waals surface area contributed by atoms with Gasteiger partial charge in [0.05, 0.1) is 6.42 Å². The first-order chi connectivity index (χ1) is 11.6. The molecule has 0 saturated heterocycles. The van der Waals surface area contributed by atoms with Crippen molar-refractivity contribution in [2.75, 3.05) is 23.4 Å². The van der Waals surface area contributed by atoms with Crippen LogP contribution in [0, 0.1) is 0 Å². The zero-order chi connectivity index (χ0) is 17.1. The minimum Gasteiger partial charge on any atom is -0.316 e. The number of nitrogens with zero attached hydrogens (tertiary/aromatic N) is 2. The fraction of sp³-hybridized carbons (Fsp3) is 0.300. The number of amides is 2. The summed E-state index contributed by atoms with van der Waals surface area (Å²) in [7, 11) is 1.74. The predicted molar refractivity (Wildman–Crippen MR) is 96.3 cm³/mol. The summed E-state index contributed by atoms with van der Waals surface area (Å²) < 4.78 is 0. The molecule has 0 aliphatic carbocycles. The normalized spacial score (nSPS) is 13.3. The molecule has 3 rings (SSSR count). The summed E-state index contributed by atoms with van der Waals surface area (Å²) >= 11 is 0. The van der Waals surface area contributed by atoms with Gasteiger partial charge in [0.1, 0.15) is 0 Å². The minimum atomic E-state index is -0.0104. The predicted octanol–water partition coefficient (Wildman–Crippen LogP) is 3.19. The van der Waals surface area contributed by atoms with Gasteiger partial charge in [-0.25, -0.2) is 0 Å². The largest absolute Gasteiger partial charge is 0.316 e. The number of rotatable bonds is 3. The Hall–Kier alpha value is -2.62. The van der Waals surface area contributed by atoms with Gasteiger partial charge in [-0.1, -0.05) is 30.3 Å². The van der Waals surface area contributed by atoms with Crippen molar-refractivity contribution < 1.29 is 9.59 Å². The fourth-order valence-electron chi connectivity index (χ4n) is 3.08. The van der Waals surface area contributed by atoms with E-state index in [1.807, 2.05) is 47.4 Å². The average molecular weight is 322 g/mol. The lowest BCUT2D eigenvalue weighted by molar-refractivity contribution is -0.118. The summed E-state index contributed by atoms with van der Waals surface area (Å²) in [5.74, 6) is 0.110. The van der Waals surface area contributed by atoms with Crippen LogP contribution in [-0.2, 0) is 22.4 Å². The third-order valence-corrected chi connectivity index (χ3v) is 4.56. The van der Waals surface area contributed by atoms with E-state index < -0.39 is 0 Å². The zero-order valence-electron chi connectivity index (χ0n) is 14.2. The summed E-state index contributed by atoms with van der Waals surface area (Å²) in [6.07, 6.45) is 2.41. The molecule has 4 nitrogen and oxygen atoms in total. The average Bonchev–Trinajstić information content (AvgIpc) is 2.61. The van der Waals surface area contributed by atoms with Crippen molar-refractivity contribution in [3.63, 3.8) is 0 Å². The van der Waals surface area contributed by atoms with Gasteiger partial charge in [0.25, 0.3) is 0 Å². The molecule has 0 N–H and O–H groups in total. The molecule has 1 aliphatic heterocycles. The lowest BCUT2D eigenvalue weighted by atomic mass is 10.0. The van der Waals surface area contributed by atoms with E-state index in [4.69, 9.17) is 0 Å². The fourth-order valence-corrected chi connectivity index (χ4v) is 3.08. The quantitative estimate of drug-likeness (QED) is 0.871. The van der Waals surface area contributed by atoms with Gasteiger partial charge in [-0.15, -0.1) is 0 Å². The first kappa shape index (κ1) is 16.2. The molecule has 1 aliphatic rings. The maximum Gasteiger partial charge on any atom is 0.231 e. The van der Waals surface area contributed by atoms with E-state index in [9.17, 15) is 9.59 Å². The number of fused-ring (bicyclic) bond motifs is 1. The maximum atomic E-state index is 12.7. The van der Waals surface area contributed by atoms with Gasteiger partial charge >= 0.3 is 0 Å². The van der Waals surface area contributed by atoms with Crippen LogP contribution in [0.25, 0.3) is 0 Å². The summed E-state index contributed by atoms with van der Waals surface area (Å²) in [6.45, 7) is 2.31. The second kappa shape index (κ2) is 6.87. The molecule has 124 valence electrons. The van der Waals surface area contributed by atoms with Gasteiger partial charge in [-0.05, 0) is 42.2 Å². The lowest BCUT2D eigenvalue weighted by Crippen LogP contribution is -2.36. The molecule has 0 fully saturated rings. The maximum absolute atomic E-state index is 12.7. The van der Waals surface area contributed by atoms with E-state index in [1.54, 1.807) is 11.9 Å². The molecule has 2 aromatic carbocycles. The number of para-hydroxylation sites is 1. The van der Waals surface area contributed by atoms with Crippen LogP contribution in [0.5, 0.6) is 0 Å². The highest BCUT2D eigenvalue weighted by Crippen LogP contribution is 2.27. The van der Waals surface area contributed by atoms with E-state index in [2.05, 4.69) is 6.07 Å². The molecule has 0 saturated carbocycles. The number of hydrogen-bond acceptors (Lipinski definition) is 2. The number of anilines is 2. The summed E-state index contributed by atoms with van der Waals surface area (Å²) in [5.41, 5.74) is 4.09. The second-order valence-electron chi connectivity index (χ2n) is 6.20. The summed E-state index contributed by atoms with van der Waals surface area (Å²) in [6, 6.07) is 15.7. The Balaban J connectivity index is 1.73. The molecule has 0 atom stereocenters. The van der Waals surface area contributed by atoms with Crippen LogP contribution in [0.2, 0.25) is 0 Å². The first-order valence-corrected chi connectivity index (χ1v) is 8.28. The monoisotopic (exact) mass is 322 g/mol. The number of aryl methyl sites for hydroxylation is 1. The first-order valence-electron chi connectivity index (χ1n) is 8.28. The van der Waals surface area contributed by atoms with Crippen molar-refractivity contribution in [2.45, 2.75) is 26.2 Å². The van der Waals surface area contributed by atoms with Crippen LogP contribution in [0.3, 0.4) is 0 Å². The number of carbonyl (C=O) groups is 2. The minimum absolute atomic E-state index is 0.0104. The third-order valence-electron chi connectivity index (χ3n) is 4.56. The van der Waals surface area contributed by atoms with Crippen LogP contribution >= 0.6 is 0 Å². The number of benzene rings is 2. The van der Waals surface area contributed by atoms with E-state index >= 15 is 0 Å². The molecule has 0 spiro atoms. The van der Waals surface area contributed by atoms with Gasteiger partial charge in [-0.2, -0.15) is 0 Å². The number of hydrogen-bond donors (Lipinski definition) is 0. The topological polar surface area (TPSA) is 40.6 Å². The molecular formula is C20H22N2O2. The Bertz CT molecular complexity index is 752. The van der Waals surface area contributed by atoms with Crippen LogP contribution in [0.1, 0.15) is 24.5 Å². The van der Waals surface area contributed by atoms with E-state index in [0.717, 1.165) is 36.3 Å². The highest BCUT2D eigenvalue weighted by molar-refractivity contribution is 5.96. The molecule has 0 bridgehead atoms. The van der Waals surface area contributed by atoms with Crippen LogP contribution in [0.4, 0.5) is 11.4 Å². The van der Waals surface area contributed by atoms with E-state index in [0.29, 0.717) is 6.42 Å². The zero-order valence-corrected chi connectivity index (χ0v) is 14.2. The van der Waals surface area contributed by atoms with Crippen molar-refractivity contribution in [3.8, 4) is 0 Å². The SMILES string of the molecule is CC(=O)N(C)c1ccc(CC(=O)N2CCCc3ccccc32)cc1. The Morgan fingerprint density at radius 1 is 1.08 bits per heavy atom. The van der Waals surface area contributed by atoms with Gasteiger partial charge < -0.3 is 9.80 Å². The van der Waals surface area contributed by atoms with Crippen molar-refractivity contribution >= 4 is 23.2 Å². The molecule has 2 aromatic rings. The Morgan fingerprint density at radius 2 is 1.79 bits per heavy atom. The summed E-state index contributed by atoms with van der Waals surface area (Å²) in [5, 5.41) is 0. The smallest absolute Gasteiger partial charge is 0.231 e. The van der Waals surface area contributed by atoms with Gasteiger partial charge in [0, 0.05) is 31.9 Å².